The van der Waals surface area contributed by atoms with E-state index >= 15 is 0 Å². The van der Waals surface area contributed by atoms with Gasteiger partial charge in [0.25, 0.3) is 0 Å². The predicted octanol–water partition coefficient (Wildman–Crippen LogP) is 11.4. The topological polar surface area (TPSA) is 99.5 Å². The number of hydrogen-bond acceptors (Lipinski definition) is 8. The summed E-state index contributed by atoms with van der Waals surface area (Å²) in [6.07, 6.45) is 13.8. The molecule has 4 aromatic carbocycles. The van der Waals surface area contributed by atoms with Crippen molar-refractivity contribution >= 4 is 33.5 Å². The predicted molar refractivity (Wildman–Crippen MR) is 256 cm³/mol. The number of rotatable bonds is 12. The quantitative estimate of drug-likeness (QED) is 0.136. The Balaban J connectivity index is 0.000000176. The molecule has 2 heterocycles. The van der Waals surface area contributed by atoms with Crippen LogP contribution in [-0.2, 0) is 38.6 Å². The number of hydrogen-bond donors (Lipinski definition) is 2. The standard InChI is InChI=1S/C28H39NO2.C16H17NO3.C11H22O/c1-5-28(2,3)26-12-8-20(9-13-26)14-21-6-10-24-16-22(7-11-23(24)15-21)17-29-18-25(19-29)27(30)31-4;1-20-16(19)14-9-17(10-14)8-11-2-3-13-7-15(18)5-4-12(13)6-11;1-4-11(2,3)9-5-7-10(12)8-6-9/h6-7,10-11,15-16,20,25-26H,5,8-9,12-14,17-19H2,1-4H3;2-7,14,18H,8-10H2,1H3;9-10,12H,4-8H2,1-3H3. The molecule has 0 amide bonds. The summed E-state index contributed by atoms with van der Waals surface area (Å²) in [5.74, 6) is 2.75. The highest BCUT2D eigenvalue weighted by Gasteiger charge is 2.35. The molecule has 0 aromatic heterocycles. The summed E-state index contributed by atoms with van der Waals surface area (Å²) in [6, 6.07) is 25.4. The number of nitrogens with zero attached hydrogens (tertiary/aromatic N) is 2. The van der Waals surface area contributed by atoms with E-state index in [1.165, 1.54) is 99.5 Å². The fraction of sp³-hybridized carbons (Fsp3) is 0.600. The van der Waals surface area contributed by atoms with Gasteiger partial charge in [-0.2, -0.15) is 0 Å². The summed E-state index contributed by atoms with van der Waals surface area (Å²) in [5.41, 5.74) is 5.01. The maximum atomic E-state index is 11.6. The Kier molecular flexibility index (Phi) is 16.8. The average molecular weight is 863 g/mol. The number of phenolic OH excluding ortho intramolecular Hbond substituents is 1. The molecular weight excluding hydrogens is 785 g/mol. The van der Waals surface area contributed by atoms with Crippen molar-refractivity contribution in [2.75, 3.05) is 40.4 Å². The number of aliphatic hydroxyl groups excluding tert-OH is 1. The van der Waals surface area contributed by atoms with E-state index in [1.807, 2.05) is 12.1 Å². The fourth-order valence-corrected chi connectivity index (χ4v) is 10.4. The van der Waals surface area contributed by atoms with Crippen LogP contribution in [0.3, 0.4) is 0 Å². The number of fused-ring (bicyclic) bond motifs is 2. The van der Waals surface area contributed by atoms with E-state index < -0.39 is 0 Å². The van der Waals surface area contributed by atoms with E-state index in [2.05, 4.69) is 99.9 Å². The first-order valence-corrected chi connectivity index (χ1v) is 24.1. The molecule has 0 spiro atoms. The Morgan fingerprint density at radius 3 is 1.38 bits per heavy atom. The monoisotopic (exact) mass is 863 g/mol. The van der Waals surface area contributed by atoms with Crippen LogP contribution in [0.25, 0.3) is 21.5 Å². The lowest BCUT2D eigenvalue weighted by Gasteiger charge is -2.39. The van der Waals surface area contributed by atoms with Gasteiger partial charge < -0.3 is 19.7 Å². The fourth-order valence-electron chi connectivity index (χ4n) is 10.4. The molecule has 2 aliphatic heterocycles. The number of aromatic hydroxyl groups is 1. The number of aliphatic hydroxyl groups is 1. The summed E-state index contributed by atoms with van der Waals surface area (Å²) < 4.78 is 9.57. The Bertz CT molecular complexity index is 2100. The zero-order valence-corrected chi connectivity index (χ0v) is 39.8. The summed E-state index contributed by atoms with van der Waals surface area (Å²) >= 11 is 0. The molecule has 8 nitrogen and oxygen atoms in total. The van der Waals surface area contributed by atoms with Gasteiger partial charge in [-0.15, -0.1) is 0 Å². The third-order valence-corrected chi connectivity index (χ3v) is 15.8. The van der Waals surface area contributed by atoms with Gasteiger partial charge in [-0.25, -0.2) is 0 Å². The highest BCUT2D eigenvalue weighted by atomic mass is 16.5. The molecule has 0 atom stereocenters. The molecule has 8 heteroatoms. The molecule has 4 aromatic rings. The average Bonchev–Trinajstić information content (AvgIpc) is 3.26. The van der Waals surface area contributed by atoms with Crippen molar-refractivity contribution in [2.24, 2.45) is 40.4 Å². The van der Waals surface area contributed by atoms with Crippen molar-refractivity contribution in [3.05, 3.63) is 89.5 Å². The highest BCUT2D eigenvalue weighted by Crippen LogP contribution is 2.43. The maximum absolute atomic E-state index is 11.6. The van der Waals surface area contributed by atoms with E-state index in [-0.39, 0.29) is 35.6 Å². The van der Waals surface area contributed by atoms with Gasteiger partial charge >= 0.3 is 11.9 Å². The van der Waals surface area contributed by atoms with Crippen LogP contribution in [0, 0.1) is 40.4 Å². The second kappa shape index (κ2) is 21.8. The van der Waals surface area contributed by atoms with Crippen molar-refractivity contribution < 1.29 is 29.3 Å². The van der Waals surface area contributed by atoms with Crippen LogP contribution in [0.4, 0.5) is 0 Å². The van der Waals surface area contributed by atoms with Gasteiger partial charge in [-0.1, -0.05) is 103 Å². The molecule has 0 unspecified atom stereocenters. The SMILES string of the molecule is CCC(C)(C)C1CCC(Cc2ccc3cc(CN4CC(C(=O)OC)C4)ccc3c2)CC1.CCC(C)(C)C1CCC(O)CC1.COC(=O)C1CN(Cc2ccc3cc(O)ccc3c2)C1. The van der Waals surface area contributed by atoms with E-state index in [0.29, 0.717) is 10.8 Å². The van der Waals surface area contributed by atoms with Gasteiger partial charge in [0.1, 0.15) is 5.75 Å². The third-order valence-electron chi connectivity index (χ3n) is 15.8. The van der Waals surface area contributed by atoms with Gasteiger partial charge in [0.2, 0.25) is 0 Å². The molecular formula is C55H78N2O6. The number of benzene rings is 4. The minimum absolute atomic E-state index is 0.00564. The van der Waals surface area contributed by atoms with Crippen LogP contribution >= 0.6 is 0 Å². The minimum Gasteiger partial charge on any atom is -0.508 e. The molecule has 0 bridgehead atoms. The lowest BCUT2D eigenvalue weighted by atomic mass is 9.67. The van der Waals surface area contributed by atoms with E-state index in [0.717, 1.165) is 80.6 Å². The number of likely N-dealkylation sites (tertiary alicyclic amines) is 2. The molecule has 4 fully saturated rings. The first-order valence-electron chi connectivity index (χ1n) is 24.1. The number of esters is 2. The lowest BCUT2D eigenvalue weighted by molar-refractivity contribution is -0.152. The number of phenols is 1. The van der Waals surface area contributed by atoms with Gasteiger partial charge in [0.15, 0.2) is 0 Å². The van der Waals surface area contributed by atoms with Crippen molar-refractivity contribution in [3.8, 4) is 5.75 Å². The summed E-state index contributed by atoms with van der Waals surface area (Å²) in [4.78, 5) is 27.4. The van der Waals surface area contributed by atoms with Crippen molar-refractivity contribution in [1.82, 2.24) is 9.80 Å². The largest absolute Gasteiger partial charge is 0.508 e. The Morgan fingerprint density at radius 2 is 0.952 bits per heavy atom. The molecule has 63 heavy (non-hydrogen) atoms. The zero-order valence-electron chi connectivity index (χ0n) is 39.8. The van der Waals surface area contributed by atoms with Crippen molar-refractivity contribution in [2.45, 2.75) is 131 Å². The Labute approximate surface area is 378 Å². The summed E-state index contributed by atoms with van der Waals surface area (Å²) in [7, 11) is 2.91. The van der Waals surface area contributed by atoms with E-state index in [4.69, 9.17) is 9.47 Å². The van der Waals surface area contributed by atoms with Crippen LogP contribution in [-0.4, -0.2) is 78.5 Å². The normalized spacial score (nSPS) is 22.5. The second-order valence-corrected chi connectivity index (χ2v) is 20.8. The van der Waals surface area contributed by atoms with Crippen LogP contribution < -0.4 is 0 Å². The van der Waals surface area contributed by atoms with Gasteiger partial charge in [0, 0.05) is 39.3 Å². The Morgan fingerprint density at radius 1 is 0.571 bits per heavy atom. The smallest absolute Gasteiger partial charge is 0.311 e. The molecule has 0 radical (unpaired) electrons. The van der Waals surface area contributed by atoms with E-state index in [9.17, 15) is 19.8 Å². The molecule has 8 rings (SSSR count). The molecule has 4 aliphatic rings. The van der Waals surface area contributed by atoms with Crippen LogP contribution in [0.1, 0.15) is 122 Å². The van der Waals surface area contributed by atoms with Crippen LogP contribution in [0.2, 0.25) is 0 Å². The number of methoxy groups -OCH3 is 2. The van der Waals surface area contributed by atoms with Crippen LogP contribution in [0.15, 0.2) is 72.8 Å². The molecule has 2 saturated heterocycles. The molecule has 2 saturated carbocycles. The number of ether oxygens (including phenoxy) is 2. The Hall–Kier alpha value is -3.98. The molecule has 2 aliphatic carbocycles. The number of carbonyl (C=O) groups is 2. The summed E-state index contributed by atoms with van der Waals surface area (Å²) in [5, 5.41) is 23.6. The first-order chi connectivity index (χ1) is 30.1. The van der Waals surface area contributed by atoms with Gasteiger partial charge in [0.05, 0.1) is 32.2 Å². The third kappa shape index (κ3) is 13.1. The van der Waals surface area contributed by atoms with Crippen molar-refractivity contribution in [3.63, 3.8) is 0 Å². The molecule has 2 N–H and O–H groups in total. The van der Waals surface area contributed by atoms with Crippen molar-refractivity contribution in [1.29, 1.82) is 0 Å². The number of carbonyl (C=O) groups excluding carboxylic acids is 2. The second-order valence-electron chi connectivity index (χ2n) is 20.8. The van der Waals surface area contributed by atoms with Crippen LogP contribution in [0.5, 0.6) is 5.75 Å². The van der Waals surface area contributed by atoms with Gasteiger partial charge in [-0.3, -0.25) is 19.4 Å². The van der Waals surface area contributed by atoms with E-state index in [1.54, 1.807) is 12.1 Å². The molecule has 344 valence electrons. The summed E-state index contributed by atoms with van der Waals surface area (Å²) in [6.45, 7) is 19.1. The maximum Gasteiger partial charge on any atom is 0.311 e. The first kappa shape index (κ1) is 48.5. The van der Waals surface area contributed by atoms with Gasteiger partial charge in [-0.05, 0) is 149 Å². The highest BCUT2D eigenvalue weighted by molar-refractivity contribution is 5.85. The lowest BCUT2D eigenvalue weighted by Crippen LogP contribution is -2.49. The minimum atomic E-state index is -0.116. The zero-order chi connectivity index (χ0) is 45.3.